The van der Waals surface area contributed by atoms with E-state index in [2.05, 4.69) is 26.8 Å². The van der Waals surface area contributed by atoms with E-state index in [1.54, 1.807) is 7.11 Å². The molecule has 2 aliphatic heterocycles. The summed E-state index contributed by atoms with van der Waals surface area (Å²) in [5, 5.41) is 7.35. The molecule has 2 amide bonds. The Bertz CT molecular complexity index is 1140. The third kappa shape index (κ3) is 3.76. The molecule has 9 heteroatoms. The Kier molecular flexibility index (Phi) is 5.57. The number of methoxy groups -OCH3 is 1. The van der Waals surface area contributed by atoms with Crippen molar-refractivity contribution in [2.75, 3.05) is 38.6 Å². The molecule has 0 unspecified atom stereocenters. The Hall–Kier alpha value is -3.33. The van der Waals surface area contributed by atoms with Crippen LogP contribution in [0, 0.1) is 0 Å². The number of likely N-dealkylation sites (tertiary alicyclic amines) is 1. The Morgan fingerprint density at radius 3 is 2.70 bits per heavy atom. The van der Waals surface area contributed by atoms with Gasteiger partial charge in [0.25, 0.3) is 0 Å². The first-order chi connectivity index (χ1) is 16.0. The van der Waals surface area contributed by atoms with E-state index in [1.165, 1.54) is 0 Å². The highest BCUT2D eigenvalue weighted by Crippen LogP contribution is 2.42. The average Bonchev–Trinajstić information content (AvgIpc) is 3.46. The van der Waals surface area contributed by atoms with Crippen molar-refractivity contribution in [1.82, 2.24) is 29.1 Å². The van der Waals surface area contributed by atoms with Crippen molar-refractivity contribution in [2.24, 2.45) is 7.05 Å². The maximum atomic E-state index is 13.0. The summed E-state index contributed by atoms with van der Waals surface area (Å²) in [5.41, 5.74) is 2.79. The molecule has 1 N–H and O–H groups in total. The number of piperidine rings is 1. The molecule has 2 aromatic heterocycles. The number of nitrogens with one attached hydrogen (secondary N) is 1. The summed E-state index contributed by atoms with van der Waals surface area (Å²) in [7, 11) is 3.56. The molecule has 2 aliphatic rings. The molecule has 0 radical (unpaired) electrons. The van der Waals surface area contributed by atoms with Crippen LogP contribution in [0.1, 0.15) is 25.6 Å². The van der Waals surface area contributed by atoms with E-state index in [0.717, 1.165) is 61.0 Å². The third-order valence-electron chi connectivity index (χ3n) is 7.05. The summed E-state index contributed by atoms with van der Waals surface area (Å²) in [6, 6.07) is 7.38. The van der Waals surface area contributed by atoms with Gasteiger partial charge in [0.05, 0.1) is 30.7 Å². The Morgan fingerprint density at radius 2 is 2.00 bits per heavy atom. The lowest BCUT2D eigenvalue weighted by Gasteiger charge is -2.50. The fourth-order valence-electron chi connectivity index (χ4n) is 5.32. The normalized spacial score (nSPS) is 17.7. The van der Waals surface area contributed by atoms with Crippen LogP contribution in [0.4, 0.5) is 10.5 Å². The molecule has 0 aliphatic carbocycles. The van der Waals surface area contributed by atoms with Crippen molar-refractivity contribution in [1.29, 1.82) is 0 Å². The van der Waals surface area contributed by atoms with Gasteiger partial charge >= 0.3 is 6.03 Å². The first-order valence-corrected chi connectivity index (χ1v) is 11.5. The highest BCUT2D eigenvalue weighted by molar-refractivity contribution is 5.89. The smallest absolute Gasteiger partial charge is 0.321 e. The number of hydrogen-bond acceptors (Lipinski definition) is 5. The highest BCUT2D eigenvalue weighted by atomic mass is 16.5. The van der Waals surface area contributed by atoms with Crippen LogP contribution in [0.2, 0.25) is 0 Å². The second-order valence-corrected chi connectivity index (χ2v) is 8.78. The van der Waals surface area contributed by atoms with Crippen LogP contribution >= 0.6 is 0 Å². The summed E-state index contributed by atoms with van der Waals surface area (Å²) in [4.78, 5) is 22.3. The quantitative estimate of drug-likeness (QED) is 0.662. The van der Waals surface area contributed by atoms with Crippen molar-refractivity contribution < 1.29 is 9.53 Å². The molecule has 9 nitrogen and oxygen atoms in total. The van der Waals surface area contributed by atoms with Gasteiger partial charge in [-0.05, 0) is 31.5 Å². The van der Waals surface area contributed by atoms with Gasteiger partial charge in [0.2, 0.25) is 0 Å². The molecule has 0 atom stereocenters. The number of urea groups is 1. The number of aryl methyl sites for hydroxylation is 1. The number of hydrogen-bond donors (Lipinski definition) is 1. The number of carbonyl (C=O) groups is 1. The third-order valence-corrected chi connectivity index (χ3v) is 7.05. The second-order valence-electron chi connectivity index (χ2n) is 8.78. The number of nitrogens with zero attached hydrogens (tertiary/aromatic N) is 6. The largest absolute Gasteiger partial charge is 0.497 e. The number of likely N-dealkylation sites (N-methyl/N-ethyl adjacent to an activating group) is 1. The fraction of sp³-hybridized carbons (Fsp3) is 0.458. The summed E-state index contributed by atoms with van der Waals surface area (Å²) >= 11 is 0. The van der Waals surface area contributed by atoms with Crippen LogP contribution in [0.5, 0.6) is 5.75 Å². The van der Waals surface area contributed by atoms with E-state index in [1.807, 2.05) is 59.5 Å². The lowest BCUT2D eigenvalue weighted by atomic mass is 9.83. The number of anilines is 1. The van der Waals surface area contributed by atoms with Gasteiger partial charge in [-0.25, -0.2) is 9.78 Å². The number of fused-ring (bicyclic) bond motifs is 2. The molecule has 33 heavy (non-hydrogen) atoms. The molecule has 5 rings (SSSR count). The van der Waals surface area contributed by atoms with Crippen molar-refractivity contribution >= 4 is 11.7 Å². The lowest BCUT2D eigenvalue weighted by Crippen LogP contribution is -2.58. The maximum Gasteiger partial charge on any atom is 0.321 e. The molecule has 4 heterocycles. The molecular formula is C24H31N7O2. The van der Waals surface area contributed by atoms with Gasteiger partial charge in [0.1, 0.15) is 11.6 Å². The van der Waals surface area contributed by atoms with Gasteiger partial charge in [-0.3, -0.25) is 9.58 Å². The minimum atomic E-state index is -0.153. The van der Waals surface area contributed by atoms with E-state index < -0.39 is 0 Å². The highest BCUT2D eigenvalue weighted by Gasteiger charge is 2.47. The van der Waals surface area contributed by atoms with Crippen molar-refractivity contribution in [3.63, 3.8) is 0 Å². The molecule has 174 valence electrons. The molecule has 1 fully saturated rings. The molecule has 3 aromatic rings. The molecule has 1 saturated heterocycles. The van der Waals surface area contributed by atoms with Crippen LogP contribution in [-0.2, 0) is 19.1 Å². The van der Waals surface area contributed by atoms with E-state index in [-0.39, 0.29) is 11.6 Å². The van der Waals surface area contributed by atoms with Gasteiger partial charge in [-0.1, -0.05) is 13.0 Å². The Labute approximate surface area is 194 Å². The first-order valence-electron chi connectivity index (χ1n) is 11.5. The van der Waals surface area contributed by atoms with Gasteiger partial charge in [0.15, 0.2) is 0 Å². The van der Waals surface area contributed by atoms with Gasteiger partial charge in [-0.15, -0.1) is 0 Å². The van der Waals surface area contributed by atoms with Crippen LogP contribution in [-0.4, -0.2) is 68.5 Å². The number of amides is 2. The minimum Gasteiger partial charge on any atom is -0.497 e. The summed E-state index contributed by atoms with van der Waals surface area (Å²) in [6.45, 7) is 6.43. The molecular weight excluding hydrogens is 418 g/mol. The van der Waals surface area contributed by atoms with Crippen LogP contribution in [0.3, 0.4) is 0 Å². The monoisotopic (exact) mass is 449 g/mol. The topological polar surface area (TPSA) is 80.5 Å². The second kappa shape index (κ2) is 8.55. The maximum absolute atomic E-state index is 13.0. The zero-order valence-electron chi connectivity index (χ0n) is 19.5. The van der Waals surface area contributed by atoms with Gasteiger partial charge in [-0.2, -0.15) is 5.10 Å². The predicted octanol–water partition coefficient (Wildman–Crippen LogP) is 3.15. The zero-order valence-corrected chi connectivity index (χ0v) is 19.5. The molecule has 0 saturated carbocycles. The predicted molar refractivity (Wildman–Crippen MR) is 126 cm³/mol. The molecule has 0 bridgehead atoms. The number of benzene rings is 1. The van der Waals surface area contributed by atoms with E-state index in [4.69, 9.17) is 9.72 Å². The number of carbonyl (C=O) groups excluding carboxylic acids is 1. The zero-order chi connectivity index (χ0) is 23.0. The summed E-state index contributed by atoms with van der Waals surface area (Å²) in [5.74, 6) is 1.84. The number of imidazole rings is 1. The first kappa shape index (κ1) is 21.5. The average molecular weight is 450 g/mol. The van der Waals surface area contributed by atoms with Gasteiger partial charge in [0, 0.05) is 56.7 Å². The number of rotatable bonds is 4. The van der Waals surface area contributed by atoms with E-state index in [9.17, 15) is 4.79 Å². The lowest BCUT2D eigenvalue weighted by molar-refractivity contribution is 0.00390. The summed E-state index contributed by atoms with van der Waals surface area (Å²) < 4.78 is 9.45. The standard InChI is InChI=1S/C24H31N7O2/c1-4-30-12-13-31-21(18-15-26-28(2)17-18)16-25-22(31)24(30)8-10-29(11-9-24)23(32)27-19-6-5-7-20(14-19)33-3/h5-7,14-17H,4,8-13H2,1-3H3,(H,27,32). The number of aromatic nitrogens is 4. The van der Waals surface area contributed by atoms with Crippen molar-refractivity contribution in [2.45, 2.75) is 31.8 Å². The molecule has 1 spiro atoms. The summed E-state index contributed by atoms with van der Waals surface area (Å²) in [6.07, 6.45) is 7.63. The fourth-order valence-corrected chi connectivity index (χ4v) is 5.32. The van der Waals surface area contributed by atoms with Crippen LogP contribution in [0.25, 0.3) is 11.3 Å². The Balaban J connectivity index is 1.35. The van der Waals surface area contributed by atoms with E-state index >= 15 is 0 Å². The number of ether oxygens (including phenoxy) is 1. The molecule has 1 aromatic carbocycles. The van der Waals surface area contributed by atoms with Crippen LogP contribution < -0.4 is 10.1 Å². The minimum absolute atomic E-state index is 0.0728. The SMILES string of the molecule is CCN1CCn2c(-c3cnn(C)c3)cnc2C12CCN(C(=O)Nc1cccc(OC)c1)CC2. The van der Waals surface area contributed by atoms with Crippen molar-refractivity contribution in [3.05, 3.63) is 48.7 Å². The van der Waals surface area contributed by atoms with Crippen LogP contribution in [0.15, 0.2) is 42.9 Å². The van der Waals surface area contributed by atoms with Gasteiger partial charge < -0.3 is 19.5 Å². The van der Waals surface area contributed by atoms with E-state index in [0.29, 0.717) is 13.1 Å². The Morgan fingerprint density at radius 1 is 1.18 bits per heavy atom. The van der Waals surface area contributed by atoms with Crippen molar-refractivity contribution in [3.8, 4) is 17.0 Å².